The maximum atomic E-state index is 10.2. The molecule has 0 rings (SSSR count). The number of carbonyl (C=O) groups excluding carboxylic acids is 4. The van der Waals surface area contributed by atoms with Gasteiger partial charge in [-0.2, -0.15) is 0 Å². The molecule has 0 spiro atoms. The molecule has 0 saturated heterocycles. The molecule has 0 fully saturated rings. The summed E-state index contributed by atoms with van der Waals surface area (Å²) >= 11 is 0. The third kappa shape index (κ3) is 83.5. The Hall–Kier alpha value is -0.917. The van der Waals surface area contributed by atoms with E-state index in [1.54, 1.807) is 41.5 Å². The fourth-order valence-corrected chi connectivity index (χ4v) is 0.572. The molecular weight excluding hydrogens is 411 g/mol. The van der Waals surface area contributed by atoms with E-state index in [-0.39, 0.29) is 62.8 Å². The summed E-state index contributed by atoms with van der Waals surface area (Å²) in [5.41, 5.74) is 0. The summed E-state index contributed by atoms with van der Waals surface area (Å²) in [7, 11) is 0. The predicted octanol–water partition coefficient (Wildman–Crippen LogP) is -1.02. The standard InChI is InChI=1S/2C5H8O3.2C3H8O.Zr/c2*1-2-4(6)3-5(7)8;2*1-3(2)4;/h2*2-3H2,1H3,(H,7,8);2*3-4H,1-2H3;/q;;;;+2/p-2. The molecule has 0 heterocycles. The molecule has 0 aromatic heterocycles. The van der Waals surface area contributed by atoms with Gasteiger partial charge in [-0.25, -0.2) is 0 Å². The number of aliphatic hydroxyl groups excluding tert-OH is 2. The zero-order chi connectivity index (χ0) is 20.3. The molecule has 0 amide bonds. The first-order chi connectivity index (χ1) is 10.8. The summed E-state index contributed by atoms with van der Waals surface area (Å²) in [6, 6.07) is 0. The van der Waals surface area contributed by atoms with Crippen LogP contribution in [0.3, 0.4) is 0 Å². The summed E-state index contributed by atoms with van der Waals surface area (Å²) in [6.45, 7) is 10.1. The van der Waals surface area contributed by atoms with Gasteiger partial charge in [0.1, 0.15) is 11.6 Å². The van der Waals surface area contributed by atoms with Crippen LogP contribution < -0.4 is 10.2 Å². The third-order valence-corrected chi connectivity index (χ3v) is 1.47. The van der Waals surface area contributed by atoms with Gasteiger partial charge in [0.15, 0.2) is 0 Å². The van der Waals surface area contributed by atoms with Crippen molar-refractivity contribution in [2.75, 3.05) is 0 Å². The molecular formula is C16H30O8Zr. The van der Waals surface area contributed by atoms with E-state index in [0.717, 1.165) is 0 Å². The van der Waals surface area contributed by atoms with Crippen LogP contribution in [0, 0.1) is 0 Å². The average Bonchev–Trinajstić information content (AvgIpc) is 2.36. The maximum Gasteiger partial charge on any atom is 2.00 e. The van der Waals surface area contributed by atoms with Crippen molar-refractivity contribution in [3.8, 4) is 0 Å². The molecule has 25 heavy (non-hydrogen) atoms. The molecule has 0 bridgehead atoms. The molecule has 0 aromatic carbocycles. The molecule has 0 aliphatic carbocycles. The van der Waals surface area contributed by atoms with Gasteiger partial charge in [-0.1, -0.05) is 13.8 Å². The Morgan fingerprint density at radius 2 is 0.880 bits per heavy atom. The second-order valence-electron chi connectivity index (χ2n) is 5.07. The Balaban J connectivity index is -0.0000000739. The van der Waals surface area contributed by atoms with Gasteiger partial charge in [0.25, 0.3) is 0 Å². The van der Waals surface area contributed by atoms with Crippen molar-refractivity contribution in [3.05, 3.63) is 0 Å². The van der Waals surface area contributed by atoms with Gasteiger partial charge in [-0.3, -0.25) is 9.59 Å². The van der Waals surface area contributed by atoms with Crippen LogP contribution in [-0.4, -0.2) is 45.9 Å². The second kappa shape index (κ2) is 25.3. The van der Waals surface area contributed by atoms with Gasteiger partial charge < -0.3 is 30.0 Å². The van der Waals surface area contributed by atoms with Crippen molar-refractivity contribution in [2.24, 2.45) is 0 Å². The minimum Gasteiger partial charge on any atom is -0.550 e. The van der Waals surface area contributed by atoms with Crippen LogP contribution in [0.5, 0.6) is 0 Å². The number of aliphatic hydroxyl groups is 2. The van der Waals surface area contributed by atoms with E-state index in [1.807, 2.05) is 0 Å². The summed E-state index contributed by atoms with van der Waals surface area (Å²) in [5, 5.41) is 35.4. The molecule has 9 heteroatoms. The first kappa shape index (κ1) is 35.2. The van der Waals surface area contributed by atoms with Crippen molar-refractivity contribution >= 4 is 23.5 Å². The van der Waals surface area contributed by atoms with Crippen LogP contribution in [0.15, 0.2) is 0 Å². The number of Topliss-reactive ketones (excluding diaryl/α,β-unsaturated/α-hetero) is 2. The molecule has 0 aliphatic rings. The van der Waals surface area contributed by atoms with E-state index < -0.39 is 24.8 Å². The molecule has 0 radical (unpaired) electrons. The van der Waals surface area contributed by atoms with Gasteiger partial charge in [0, 0.05) is 49.8 Å². The molecule has 0 aliphatic heterocycles. The number of ketones is 2. The fraction of sp³-hybridized carbons (Fsp3) is 0.750. The zero-order valence-corrected chi connectivity index (χ0v) is 18.3. The Bertz CT molecular complexity index is 315. The zero-order valence-electron chi connectivity index (χ0n) is 15.8. The Kier molecular flexibility index (Phi) is 35.7. The van der Waals surface area contributed by atoms with Crippen LogP contribution in [0.2, 0.25) is 0 Å². The summed E-state index contributed by atoms with van der Waals surface area (Å²) < 4.78 is 0. The van der Waals surface area contributed by atoms with E-state index in [9.17, 15) is 29.4 Å². The van der Waals surface area contributed by atoms with Crippen LogP contribution in [0.25, 0.3) is 0 Å². The summed E-state index contributed by atoms with van der Waals surface area (Å²) in [4.78, 5) is 39.7. The summed E-state index contributed by atoms with van der Waals surface area (Å²) in [6.07, 6.45) is -0.686. The maximum absolute atomic E-state index is 10.2. The van der Waals surface area contributed by atoms with E-state index in [4.69, 9.17) is 10.2 Å². The van der Waals surface area contributed by atoms with Crippen molar-refractivity contribution in [1.29, 1.82) is 0 Å². The number of rotatable bonds is 6. The number of hydrogen-bond acceptors (Lipinski definition) is 8. The van der Waals surface area contributed by atoms with Crippen molar-refractivity contribution < 1.29 is 65.8 Å². The van der Waals surface area contributed by atoms with Crippen molar-refractivity contribution in [1.82, 2.24) is 0 Å². The average molecular weight is 442 g/mol. The van der Waals surface area contributed by atoms with Gasteiger partial charge in [-0.15, -0.1) is 0 Å². The molecule has 0 saturated carbocycles. The molecule has 0 unspecified atom stereocenters. The Morgan fingerprint density at radius 1 is 0.720 bits per heavy atom. The van der Waals surface area contributed by atoms with Crippen LogP contribution >= 0.6 is 0 Å². The minimum atomic E-state index is -1.29. The Morgan fingerprint density at radius 3 is 0.920 bits per heavy atom. The molecule has 0 aromatic rings. The number of aliphatic carboxylic acids is 2. The fourth-order valence-electron chi connectivity index (χ4n) is 0.572. The van der Waals surface area contributed by atoms with Crippen LogP contribution in [-0.2, 0) is 45.4 Å². The van der Waals surface area contributed by atoms with Gasteiger partial charge >= 0.3 is 26.2 Å². The largest absolute Gasteiger partial charge is 2.00 e. The van der Waals surface area contributed by atoms with Crippen molar-refractivity contribution in [2.45, 2.75) is 79.4 Å². The number of hydrogen-bond donors (Lipinski definition) is 2. The number of carboxylic acid groups (broad SMARTS) is 2. The quantitative estimate of drug-likeness (QED) is 0.496. The number of carbonyl (C=O) groups is 4. The second-order valence-corrected chi connectivity index (χ2v) is 5.07. The summed E-state index contributed by atoms with van der Waals surface area (Å²) in [5.74, 6) is -3.16. The molecule has 2 N–H and O–H groups in total. The van der Waals surface area contributed by atoms with Gasteiger partial charge in [0.2, 0.25) is 0 Å². The normalized spacial score (nSPS) is 8.40. The monoisotopic (exact) mass is 440 g/mol. The number of carboxylic acids is 2. The van der Waals surface area contributed by atoms with E-state index >= 15 is 0 Å². The first-order valence-electron chi connectivity index (χ1n) is 7.59. The third-order valence-electron chi connectivity index (χ3n) is 1.47. The van der Waals surface area contributed by atoms with Crippen LogP contribution in [0.1, 0.15) is 67.2 Å². The molecule has 8 nitrogen and oxygen atoms in total. The van der Waals surface area contributed by atoms with E-state index in [1.165, 1.54) is 0 Å². The molecule has 0 atom stereocenters. The van der Waals surface area contributed by atoms with E-state index in [0.29, 0.717) is 0 Å². The first-order valence-corrected chi connectivity index (χ1v) is 7.59. The van der Waals surface area contributed by atoms with E-state index in [2.05, 4.69) is 0 Å². The van der Waals surface area contributed by atoms with Crippen molar-refractivity contribution in [3.63, 3.8) is 0 Å². The SMILES string of the molecule is CC(C)O.CC(C)O.CCC(=O)CC(=O)[O-].CCC(=O)CC(=O)[O-].[Zr+2]. The topological polar surface area (TPSA) is 155 Å². The van der Waals surface area contributed by atoms with Gasteiger partial charge in [0.05, 0.1) is 0 Å². The molecule has 146 valence electrons. The minimum absolute atomic E-state index is 0. The smallest absolute Gasteiger partial charge is 0.550 e. The van der Waals surface area contributed by atoms with Crippen LogP contribution in [0.4, 0.5) is 0 Å². The Labute approximate surface area is 168 Å². The van der Waals surface area contributed by atoms with Gasteiger partial charge in [-0.05, 0) is 27.7 Å². The predicted molar refractivity (Wildman–Crippen MR) is 84.6 cm³/mol.